The quantitative estimate of drug-likeness (QED) is 0.193. The van der Waals surface area contributed by atoms with E-state index in [1.54, 1.807) is 45.0 Å². The van der Waals surface area contributed by atoms with Crippen molar-refractivity contribution in [2.75, 3.05) is 31.2 Å². The van der Waals surface area contributed by atoms with Gasteiger partial charge in [0.25, 0.3) is 11.8 Å². The molecule has 18 heteroatoms. The molecule has 62 heavy (non-hydrogen) atoms. The number of ether oxygens (including phenoxy) is 2. The first-order chi connectivity index (χ1) is 29.2. The van der Waals surface area contributed by atoms with Gasteiger partial charge in [0.15, 0.2) is 5.60 Å². The monoisotopic (exact) mass is 886 g/mol. The lowest BCUT2D eigenvalue weighted by Crippen LogP contribution is -2.65. The first-order valence-electron chi connectivity index (χ1n) is 21.9. The third kappa shape index (κ3) is 8.09. The van der Waals surface area contributed by atoms with Crippen LogP contribution in [-0.4, -0.2) is 118 Å². The summed E-state index contributed by atoms with van der Waals surface area (Å²) < 4.78 is 75.3. The molecular formula is C44H60F2N6O9S. The highest BCUT2D eigenvalue weighted by Gasteiger charge is 2.71. The SMILES string of the molecule is CCC(C)N(C(=O)O)[C@@H]1C(=O)N2[C@@H](C[C@@](C)(Oc3ncc(N4CCOCC4)c4ccccc34)C2(F)F)C(=O)N[C@]2(C(=O)NS(=O)(=O)C3(C)CC3)C[C@H]2/C=C\CC[C@H](C)C[C@H]1CC. The molecule has 1 unspecified atom stereocenters. The summed E-state index contributed by atoms with van der Waals surface area (Å²) in [6, 6.07) is -1.62. The van der Waals surface area contributed by atoms with Crippen LogP contribution in [0.2, 0.25) is 0 Å². The number of carboxylic acid groups (broad SMARTS) is 1. The summed E-state index contributed by atoms with van der Waals surface area (Å²) in [5.41, 5.74) is -3.71. The standard InChI is InChI=1S/C44H60F2N6O9S/c1-7-28(4)51(40(56)57)35-29(8-2)23-27(3)13-9-10-14-30-24-43(30,39(55)49-62(58,59)41(5)17-18-41)48-36(53)33-25-42(6,44(45,46)52(33)38(35)54)61-37-32-16-12-11-15-31(32)34(26-47-37)50-19-21-60-22-20-50/h10-12,14-16,26-30,33,35H,7-9,13,17-25H2,1-6H3,(H,48,53)(H,49,55)(H,56,57)/b14-10-/t27-,28?,29+,30+,33-,35-,42+,43+/m0/s1. The first-order valence-corrected chi connectivity index (χ1v) is 23.4. The number of alkyl halides is 2. The van der Waals surface area contributed by atoms with E-state index in [-0.39, 0.29) is 36.0 Å². The van der Waals surface area contributed by atoms with Crippen LogP contribution >= 0.6 is 0 Å². The van der Waals surface area contributed by atoms with Crippen molar-refractivity contribution in [2.24, 2.45) is 17.8 Å². The van der Waals surface area contributed by atoms with Crippen LogP contribution in [0.15, 0.2) is 42.6 Å². The second-order valence-electron chi connectivity index (χ2n) is 18.5. The molecule has 0 radical (unpaired) electrons. The number of pyridine rings is 1. The van der Waals surface area contributed by atoms with Crippen LogP contribution in [0.1, 0.15) is 99.3 Å². The molecule has 1 aromatic carbocycles. The molecule has 1 aromatic heterocycles. The van der Waals surface area contributed by atoms with Crippen molar-refractivity contribution in [2.45, 2.75) is 139 Å². The highest BCUT2D eigenvalue weighted by Crippen LogP contribution is 2.52. The Morgan fingerprint density at radius 2 is 1.79 bits per heavy atom. The zero-order valence-electron chi connectivity index (χ0n) is 36.4. The Morgan fingerprint density at radius 3 is 2.42 bits per heavy atom. The second kappa shape index (κ2) is 16.8. The van der Waals surface area contributed by atoms with Gasteiger partial charge in [0.05, 0.1) is 29.8 Å². The van der Waals surface area contributed by atoms with E-state index in [2.05, 4.69) is 19.9 Å². The van der Waals surface area contributed by atoms with E-state index < -0.39 is 92.2 Å². The summed E-state index contributed by atoms with van der Waals surface area (Å²) >= 11 is 0. The number of allylic oxidation sites excluding steroid dienone is 1. The van der Waals surface area contributed by atoms with Crippen LogP contribution in [0, 0.1) is 17.8 Å². The van der Waals surface area contributed by atoms with E-state index in [1.807, 2.05) is 19.1 Å². The summed E-state index contributed by atoms with van der Waals surface area (Å²) in [7, 11) is -4.17. The zero-order valence-corrected chi connectivity index (χ0v) is 37.2. The van der Waals surface area contributed by atoms with Crippen molar-refractivity contribution in [3.05, 3.63) is 42.6 Å². The number of nitrogens with one attached hydrogen (secondary N) is 2. The van der Waals surface area contributed by atoms with Gasteiger partial charge >= 0.3 is 12.1 Å². The molecule has 15 nitrogen and oxygen atoms in total. The van der Waals surface area contributed by atoms with Gasteiger partial charge in [-0.3, -0.25) is 28.9 Å². The number of hydrogen-bond acceptors (Lipinski definition) is 10. The molecule has 2 aliphatic carbocycles. The molecule has 0 spiro atoms. The highest BCUT2D eigenvalue weighted by molar-refractivity contribution is 7.91. The molecule has 2 saturated carbocycles. The number of carbonyl (C=O) groups is 4. The normalized spacial score (nSPS) is 32.0. The van der Waals surface area contributed by atoms with Gasteiger partial charge in [0, 0.05) is 42.2 Å². The van der Waals surface area contributed by atoms with Gasteiger partial charge in [0.2, 0.25) is 21.8 Å². The number of rotatable bonds is 10. The van der Waals surface area contributed by atoms with E-state index in [4.69, 9.17) is 9.47 Å². The van der Waals surface area contributed by atoms with Crippen LogP contribution in [0.5, 0.6) is 5.88 Å². The highest BCUT2D eigenvalue weighted by atomic mass is 32.2. The molecule has 7 rings (SSSR count). The second-order valence-corrected chi connectivity index (χ2v) is 20.7. The van der Waals surface area contributed by atoms with E-state index in [9.17, 15) is 27.9 Å². The van der Waals surface area contributed by atoms with Crippen molar-refractivity contribution >= 4 is 50.3 Å². The van der Waals surface area contributed by atoms with Crippen LogP contribution in [-0.2, 0) is 29.1 Å². The Balaban J connectivity index is 1.34. The van der Waals surface area contributed by atoms with Gasteiger partial charge in [-0.15, -0.1) is 0 Å². The molecule has 3 N–H and O–H groups in total. The number of fused-ring (bicyclic) bond motifs is 3. The number of anilines is 1. The van der Waals surface area contributed by atoms with Gasteiger partial charge in [0.1, 0.15) is 17.6 Å². The van der Waals surface area contributed by atoms with Crippen LogP contribution in [0.3, 0.4) is 0 Å². The summed E-state index contributed by atoms with van der Waals surface area (Å²) in [5.74, 6) is -5.05. The smallest absolute Gasteiger partial charge is 0.408 e. The number of aromatic nitrogens is 1. The molecule has 4 fully saturated rings. The minimum Gasteiger partial charge on any atom is -0.465 e. The molecular weight excluding hydrogens is 827 g/mol. The minimum atomic E-state index is -4.27. The lowest BCUT2D eigenvalue weighted by Gasteiger charge is -2.43. The third-order valence-corrected chi connectivity index (χ3v) is 16.3. The molecule has 0 bridgehead atoms. The largest absolute Gasteiger partial charge is 0.465 e. The van der Waals surface area contributed by atoms with Crippen LogP contribution in [0.4, 0.5) is 19.3 Å². The van der Waals surface area contributed by atoms with Crippen LogP contribution in [0.25, 0.3) is 10.8 Å². The van der Waals surface area contributed by atoms with Gasteiger partial charge < -0.3 is 24.8 Å². The van der Waals surface area contributed by atoms with Crippen molar-refractivity contribution in [3.63, 3.8) is 0 Å². The van der Waals surface area contributed by atoms with Crippen molar-refractivity contribution in [3.8, 4) is 5.88 Å². The lowest BCUT2D eigenvalue weighted by molar-refractivity contribution is -0.219. The molecule has 5 aliphatic rings. The number of benzene rings is 1. The maximum atomic E-state index is 17.9. The average molecular weight is 887 g/mol. The fourth-order valence-electron chi connectivity index (χ4n) is 9.47. The Labute approximate surface area is 362 Å². The summed E-state index contributed by atoms with van der Waals surface area (Å²) in [4.78, 5) is 65.2. The van der Waals surface area contributed by atoms with E-state index in [0.29, 0.717) is 69.2 Å². The predicted molar refractivity (Wildman–Crippen MR) is 227 cm³/mol. The summed E-state index contributed by atoms with van der Waals surface area (Å²) in [6.45, 7) is 11.8. The molecule has 4 amide bonds. The molecule has 340 valence electrons. The van der Waals surface area contributed by atoms with Crippen molar-refractivity contribution < 1.29 is 51.0 Å². The Bertz CT molecular complexity index is 2220. The van der Waals surface area contributed by atoms with E-state index in [0.717, 1.165) is 17.5 Å². The number of halogens is 2. The number of sulfonamides is 1. The van der Waals surface area contributed by atoms with Gasteiger partial charge in [-0.2, -0.15) is 8.78 Å². The minimum absolute atomic E-state index is 0.0135. The number of carbonyl (C=O) groups excluding carboxylic acids is 3. The first kappa shape index (κ1) is 45.4. The van der Waals surface area contributed by atoms with E-state index in [1.165, 1.54) is 13.1 Å². The Morgan fingerprint density at radius 1 is 1.11 bits per heavy atom. The topological polar surface area (TPSA) is 188 Å². The number of amides is 4. The summed E-state index contributed by atoms with van der Waals surface area (Å²) in [6.07, 6.45) is 5.53. The lowest BCUT2D eigenvalue weighted by atomic mass is 9.83. The third-order valence-electron chi connectivity index (χ3n) is 14.1. The zero-order chi connectivity index (χ0) is 45.0. The maximum absolute atomic E-state index is 17.9. The van der Waals surface area contributed by atoms with Gasteiger partial charge in [-0.05, 0) is 83.6 Å². The summed E-state index contributed by atoms with van der Waals surface area (Å²) in [5, 5.41) is 14.4. The fourth-order valence-corrected chi connectivity index (χ4v) is 10.8. The van der Waals surface area contributed by atoms with Gasteiger partial charge in [-0.1, -0.05) is 57.5 Å². The van der Waals surface area contributed by atoms with Crippen molar-refractivity contribution in [1.82, 2.24) is 24.8 Å². The molecule has 4 heterocycles. The number of morpholine rings is 1. The van der Waals surface area contributed by atoms with E-state index >= 15 is 13.6 Å². The maximum Gasteiger partial charge on any atom is 0.408 e. The molecule has 3 aliphatic heterocycles. The Kier molecular flexibility index (Phi) is 12.3. The number of hydrogen-bond donors (Lipinski definition) is 3. The average Bonchev–Trinajstić information content (AvgIpc) is 4.14. The molecule has 2 saturated heterocycles. The predicted octanol–water partition coefficient (Wildman–Crippen LogP) is 5.83. The molecule has 2 aromatic rings. The van der Waals surface area contributed by atoms with Crippen molar-refractivity contribution in [1.29, 1.82) is 0 Å². The Hall–Kier alpha value is -4.58. The fraction of sp³-hybridized carbons (Fsp3) is 0.659. The van der Waals surface area contributed by atoms with Crippen LogP contribution < -0.4 is 19.7 Å². The number of nitrogens with zero attached hydrogens (tertiary/aromatic N) is 4. The molecule has 8 atom stereocenters. The van der Waals surface area contributed by atoms with Gasteiger partial charge in [-0.25, -0.2) is 18.2 Å².